The van der Waals surface area contributed by atoms with Gasteiger partial charge in [0, 0.05) is 32.2 Å². The van der Waals surface area contributed by atoms with Crippen molar-refractivity contribution in [2.24, 2.45) is 0 Å². The van der Waals surface area contributed by atoms with E-state index in [1.807, 2.05) is 0 Å². The fourth-order valence-corrected chi connectivity index (χ4v) is 4.47. The van der Waals surface area contributed by atoms with Crippen LogP contribution >= 0.6 is 0 Å². The van der Waals surface area contributed by atoms with Gasteiger partial charge in [-0.2, -0.15) is 0 Å². The van der Waals surface area contributed by atoms with Crippen molar-refractivity contribution in [1.82, 2.24) is 15.5 Å². The highest BCUT2D eigenvalue weighted by atomic mass is 19.1. The first-order chi connectivity index (χ1) is 13.1. The number of carbonyl (C=O) groups excluding carboxylic acids is 1. The van der Waals surface area contributed by atoms with Crippen molar-refractivity contribution in [3.05, 3.63) is 71.0 Å². The van der Waals surface area contributed by atoms with Crippen LogP contribution in [0.1, 0.15) is 23.1 Å². The molecular formula is C22H26FN3O. The molecule has 1 fully saturated rings. The number of nitrogens with one attached hydrogen (secondary N) is 2. The van der Waals surface area contributed by atoms with E-state index in [0.717, 1.165) is 31.4 Å². The van der Waals surface area contributed by atoms with Gasteiger partial charge in [0.25, 0.3) is 0 Å². The smallest absolute Gasteiger partial charge is 0.237 e. The topological polar surface area (TPSA) is 44.4 Å². The van der Waals surface area contributed by atoms with Crippen LogP contribution in [0, 0.1) is 5.82 Å². The highest BCUT2D eigenvalue weighted by Gasteiger charge is 2.41. The summed E-state index contributed by atoms with van der Waals surface area (Å²) in [6, 6.07) is 15.7. The van der Waals surface area contributed by atoms with Crippen molar-refractivity contribution in [3.8, 4) is 0 Å². The molecule has 1 saturated heterocycles. The summed E-state index contributed by atoms with van der Waals surface area (Å²) in [7, 11) is 1.71. The monoisotopic (exact) mass is 367 g/mol. The van der Waals surface area contributed by atoms with Crippen molar-refractivity contribution in [3.63, 3.8) is 0 Å². The van der Waals surface area contributed by atoms with Crippen LogP contribution in [0.4, 0.5) is 4.39 Å². The van der Waals surface area contributed by atoms with E-state index in [9.17, 15) is 9.18 Å². The Morgan fingerprint density at radius 3 is 2.41 bits per heavy atom. The molecule has 2 N–H and O–H groups in total. The molecule has 1 aliphatic carbocycles. The number of carbonyl (C=O) groups is 1. The minimum Gasteiger partial charge on any atom is -0.358 e. The lowest BCUT2D eigenvalue weighted by Gasteiger charge is -2.29. The fraction of sp³-hybridized carbons (Fsp3) is 0.409. The van der Waals surface area contributed by atoms with Crippen molar-refractivity contribution < 1.29 is 9.18 Å². The molecule has 1 aliphatic heterocycles. The third-order valence-electron chi connectivity index (χ3n) is 5.89. The zero-order valence-electron chi connectivity index (χ0n) is 15.6. The van der Waals surface area contributed by atoms with Crippen LogP contribution in [0.5, 0.6) is 0 Å². The molecule has 4 nitrogen and oxygen atoms in total. The average Bonchev–Trinajstić information content (AvgIpc) is 3.31. The van der Waals surface area contributed by atoms with E-state index in [4.69, 9.17) is 0 Å². The van der Waals surface area contributed by atoms with Crippen LogP contribution in [-0.2, 0) is 24.2 Å². The van der Waals surface area contributed by atoms with Crippen LogP contribution in [0.3, 0.4) is 0 Å². The van der Waals surface area contributed by atoms with E-state index in [2.05, 4.69) is 39.8 Å². The Bertz CT molecular complexity index is 782. The zero-order valence-corrected chi connectivity index (χ0v) is 15.6. The van der Waals surface area contributed by atoms with Gasteiger partial charge in [-0.05, 0) is 48.1 Å². The number of hydrogen-bond acceptors (Lipinski definition) is 3. The standard InChI is InChI=1S/C22H26FN3O/c1-24-22(27)21-12-19(25-13-15-6-8-18(23)9-7-15)14-26(21)20-10-16-4-2-3-5-17(16)11-20/h2-9,19-21,25H,10-14H2,1H3,(H,24,27)/t19-,21+/m1/s1. The summed E-state index contributed by atoms with van der Waals surface area (Å²) in [5.74, 6) is -0.122. The minimum atomic E-state index is -0.216. The molecule has 0 bridgehead atoms. The molecule has 0 unspecified atom stereocenters. The van der Waals surface area contributed by atoms with Crippen LogP contribution in [0.15, 0.2) is 48.5 Å². The molecule has 0 spiro atoms. The van der Waals surface area contributed by atoms with Crippen molar-refractivity contribution >= 4 is 5.91 Å². The Kier molecular flexibility index (Phi) is 5.23. The number of likely N-dealkylation sites (N-methyl/N-ethyl adjacent to an activating group) is 1. The molecule has 0 radical (unpaired) electrons. The van der Waals surface area contributed by atoms with E-state index in [1.54, 1.807) is 19.2 Å². The highest BCUT2D eigenvalue weighted by Crippen LogP contribution is 2.30. The van der Waals surface area contributed by atoms with Gasteiger partial charge in [-0.3, -0.25) is 9.69 Å². The van der Waals surface area contributed by atoms with Gasteiger partial charge < -0.3 is 10.6 Å². The molecule has 27 heavy (non-hydrogen) atoms. The normalized spacial score (nSPS) is 22.7. The third kappa shape index (κ3) is 3.89. The maximum absolute atomic E-state index is 13.1. The summed E-state index contributed by atoms with van der Waals surface area (Å²) in [6.07, 6.45) is 2.82. The molecule has 2 atom stereocenters. The van der Waals surface area contributed by atoms with Gasteiger partial charge in [-0.15, -0.1) is 0 Å². The minimum absolute atomic E-state index is 0.0945. The molecule has 5 heteroatoms. The fourth-order valence-electron chi connectivity index (χ4n) is 4.47. The third-order valence-corrected chi connectivity index (χ3v) is 5.89. The predicted molar refractivity (Wildman–Crippen MR) is 104 cm³/mol. The Morgan fingerprint density at radius 1 is 1.11 bits per heavy atom. The zero-order chi connectivity index (χ0) is 18.8. The Balaban J connectivity index is 1.43. The van der Waals surface area contributed by atoms with Crippen molar-refractivity contribution in [2.75, 3.05) is 13.6 Å². The largest absolute Gasteiger partial charge is 0.358 e. The highest BCUT2D eigenvalue weighted by molar-refractivity contribution is 5.82. The number of likely N-dealkylation sites (tertiary alicyclic amines) is 1. The Hall–Kier alpha value is -2.24. The summed E-state index contributed by atoms with van der Waals surface area (Å²) >= 11 is 0. The number of nitrogens with zero attached hydrogens (tertiary/aromatic N) is 1. The second-order valence-electron chi connectivity index (χ2n) is 7.60. The number of fused-ring (bicyclic) bond motifs is 1. The molecule has 1 amide bonds. The van der Waals surface area contributed by atoms with E-state index in [-0.39, 0.29) is 23.8 Å². The second kappa shape index (κ2) is 7.79. The molecule has 2 aromatic carbocycles. The first-order valence-electron chi connectivity index (χ1n) is 9.66. The van der Waals surface area contributed by atoms with Gasteiger partial charge in [-0.1, -0.05) is 36.4 Å². The molecule has 2 aliphatic rings. The molecule has 142 valence electrons. The summed E-state index contributed by atoms with van der Waals surface area (Å²) in [5.41, 5.74) is 3.86. The predicted octanol–water partition coefficient (Wildman–Crippen LogP) is 2.27. The van der Waals surface area contributed by atoms with Gasteiger partial charge in [0.05, 0.1) is 6.04 Å². The molecular weight excluding hydrogens is 341 g/mol. The van der Waals surface area contributed by atoms with Crippen LogP contribution in [-0.4, -0.2) is 42.5 Å². The lowest BCUT2D eigenvalue weighted by molar-refractivity contribution is -0.125. The maximum atomic E-state index is 13.1. The van der Waals surface area contributed by atoms with Crippen LogP contribution < -0.4 is 10.6 Å². The van der Waals surface area contributed by atoms with E-state index in [1.165, 1.54) is 23.3 Å². The lowest BCUT2D eigenvalue weighted by Crippen LogP contribution is -2.47. The summed E-state index contributed by atoms with van der Waals surface area (Å²) in [5, 5.41) is 6.39. The number of halogens is 1. The van der Waals surface area contributed by atoms with Crippen molar-refractivity contribution in [2.45, 2.75) is 43.9 Å². The molecule has 1 heterocycles. The number of hydrogen-bond donors (Lipinski definition) is 2. The van der Waals surface area contributed by atoms with Gasteiger partial charge in [0.1, 0.15) is 5.82 Å². The van der Waals surface area contributed by atoms with Crippen LogP contribution in [0.2, 0.25) is 0 Å². The summed E-state index contributed by atoms with van der Waals surface area (Å²) < 4.78 is 13.1. The van der Waals surface area contributed by atoms with Gasteiger partial charge in [-0.25, -0.2) is 4.39 Å². The Labute approximate surface area is 159 Å². The second-order valence-corrected chi connectivity index (χ2v) is 7.60. The Morgan fingerprint density at radius 2 is 1.78 bits per heavy atom. The molecule has 2 aromatic rings. The molecule has 0 saturated carbocycles. The van der Waals surface area contributed by atoms with E-state index >= 15 is 0 Å². The summed E-state index contributed by atoms with van der Waals surface area (Å²) in [4.78, 5) is 14.9. The van der Waals surface area contributed by atoms with Gasteiger partial charge in [0.15, 0.2) is 0 Å². The van der Waals surface area contributed by atoms with Crippen LogP contribution in [0.25, 0.3) is 0 Å². The quantitative estimate of drug-likeness (QED) is 0.852. The average molecular weight is 367 g/mol. The number of rotatable bonds is 5. The first-order valence-corrected chi connectivity index (χ1v) is 9.66. The van der Waals surface area contributed by atoms with E-state index in [0.29, 0.717) is 12.6 Å². The van der Waals surface area contributed by atoms with Gasteiger partial charge in [0.2, 0.25) is 5.91 Å². The van der Waals surface area contributed by atoms with Gasteiger partial charge >= 0.3 is 0 Å². The SMILES string of the molecule is CNC(=O)[C@@H]1C[C@@H](NCc2ccc(F)cc2)CN1C1Cc2ccccc2C1. The number of amides is 1. The number of benzene rings is 2. The van der Waals surface area contributed by atoms with Crippen molar-refractivity contribution in [1.29, 1.82) is 0 Å². The lowest BCUT2D eigenvalue weighted by atomic mass is 10.1. The molecule has 4 rings (SSSR count). The first kappa shape index (κ1) is 18.1. The van der Waals surface area contributed by atoms with E-state index < -0.39 is 0 Å². The molecule has 0 aromatic heterocycles. The maximum Gasteiger partial charge on any atom is 0.237 e. The summed E-state index contributed by atoms with van der Waals surface area (Å²) in [6.45, 7) is 1.54.